The predicted molar refractivity (Wildman–Crippen MR) is 80.6 cm³/mol. The molecule has 0 aliphatic carbocycles. The molecule has 0 bridgehead atoms. The van der Waals surface area contributed by atoms with Gasteiger partial charge in [0.2, 0.25) is 0 Å². The quantitative estimate of drug-likeness (QED) is 0.860. The number of aromatic nitrogens is 2. The SMILES string of the molecule is CCN(Cc1ccc2nsnc2c1)[C@H]1CCS(=O)(=O)C1. The van der Waals surface area contributed by atoms with E-state index >= 15 is 0 Å². The van der Waals surface area contributed by atoms with Crippen LogP contribution in [0.2, 0.25) is 0 Å². The molecule has 20 heavy (non-hydrogen) atoms. The zero-order chi connectivity index (χ0) is 14.2. The van der Waals surface area contributed by atoms with Crippen LogP contribution in [0, 0.1) is 0 Å². The maximum absolute atomic E-state index is 11.6. The summed E-state index contributed by atoms with van der Waals surface area (Å²) in [6, 6.07) is 6.23. The molecular weight excluding hydrogens is 294 g/mol. The minimum absolute atomic E-state index is 0.147. The third kappa shape index (κ3) is 2.84. The summed E-state index contributed by atoms with van der Waals surface area (Å²) in [5, 5.41) is 0. The summed E-state index contributed by atoms with van der Waals surface area (Å²) in [7, 11) is -2.83. The summed E-state index contributed by atoms with van der Waals surface area (Å²) >= 11 is 1.22. The molecule has 1 saturated heterocycles. The van der Waals surface area contributed by atoms with Crippen LogP contribution in [0.1, 0.15) is 18.9 Å². The van der Waals surface area contributed by atoms with E-state index in [1.54, 1.807) is 0 Å². The highest BCUT2D eigenvalue weighted by molar-refractivity contribution is 7.91. The Morgan fingerprint density at radius 3 is 2.85 bits per heavy atom. The highest BCUT2D eigenvalue weighted by atomic mass is 32.2. The van der Waals surface area contributed by atoms with Crippen LogP contribution in [0.4, 0.5) is 0 Å². The van der Waals surface area contributed by atoms with Crippen molar-refractivity contribution < 1.29 is 8.42 Å². The van der Waals surface area contributed by atoms with Gasteiger partial charge in [0.05, 0.1) is 23.2 Å². The summed E-state index contributed by atoms with van der Waals surface area (Å²) < 4.78 is 31.7. The lowest BCUT2D eigenvalue weighted by Gasteiger charge is -2.26. The Bertz CT molecular complexity index is 711. The Labute approximate surface area is 122 Å². The van der Waals surface area contributed by atoms with Gasteiger partial charge >= 0.3 is 0 Å². The lowest BCUT2D eigenvalue weighted by Crippen LogP contribution is -2.35. The second kappa shape index (κ2) is 5.38. The van der Waals surface area contributed by atoms with Crippen LogP contribution in [-0.4, -0.2) is 46.2 Å². The van der Waals surface area contributed by atoms with Crippen molar-refractivity contribution in [1.29, 1.82) is 0 Å². The Morgan fingerprint density at radius 2 is 2.15 bits per heavy atom. The molecule has 0 unspecified atom stereocenters. The van der Waals surface area contributed by atoms with Crippen LogP contribution in [0.25, 0.3) is 11.0 Å². The van der Waals surface area contributed by atoms with Crippen molar-refractivity contribution >= 4 is 32.6 Å². The largest absolute Gasteiger partial charge is 0.295 e. The van der Waals surface area contributed by atoms with Crippen LogP contribution in [-0.2, 0) is 16.4 Å². The average Bonchev–Trinajstić information content (AvgIpc) is 3.01. The van der Waals surface area contributed by atoms with E-state index in [-0.39, 0.29) is 6.04 Å². The lowest BCUT2D eigenvalue weighted by atomic mass is 10.1. The van der Waals surface area contributed by atoms with Crippen molar-refractivity contribution in [3.8, 4) is 0 Å². The minimum atomic E-state index is -2.83. The van der Waals surface area contributed by atoms with E-state index in [9.17, 15) is 8.42 Å². The van der Waals surface area contributed by atoms with Gasteiger partial charge in [-0.3, -0.25) is 4.90 Å². The number of fused-ring (bicyclic) bond motifs is 1. The van der Waals surface area contributed by atoms with Gasteiger partial charge in [-0.2, -0.15) is 8.75 Å². The standard InChI is InChI=1S/C13H17N3O2S2/c1-2-16(11-5-6-20(17,18)9-11)8-10-3-4-12-13(7-10)15-19-14-12/h3-4,7,11H,2,5-6,8-9H2,1H3/t11-/m0/s1. The number of sulfone groups is 1. The molecule has 7 heteroatoms. The van der Waals surface area contributed by atoms with Gasteiger partial charge in [-0.15, -0.1) is 0 Å². The second-order valence-electron chi connectivity index (χ2n) is 5.21. The first-order chi connectivity index (χ1) is 9.57. The average molecular weight is 311 g/mol. The molecule has 0 spiro atoms. The Balaban J connectivity index is 1.77. The topological polar surface area (TPSA) is 63.2 Å². The van der Waals surface area contributed by atoms with E-state index < -0.39 is 9.84 Å². The highest BCUT2D eigenvalue weighted by Gasteiger charge is 2.31. The Morgan fingerprint density at radius 1 is 1.35 bits per heavy atom. The molecular formula is C13H17N3O2S2. The molecule has 5 nitrogen and oxygen atoms in total. The molecule has 1 aliphatic rings. The van der Waals surface area contributed by atoms with Crippen molar-refractivity contribution in [3.63, 3.8) is 0 Å². The van der Waals surface area contributed by atoms with Gasteiger partial charge in [-0.1, -0.05) is 13.0 Å². The van der Waals surface area contributed by atoms with E-state index in [1.165, 1.54) is 11.7 Å². The van der Waals surface area contributed by atoms with E-state index in [2.05, 4.69) is 26.6 Å². The van der Waals surface area contributed by atoms with Crippen LogP contribution >= 0.6 is 11.7 Å². The second-order valence-corrected chi connectivity index (χ2v) is 7.96. The van der Waals surface area contributed by atoms with E-state index in [4.69, 9.17) is 0 Å². The first kappa shape index (κ1) is 13.9. The molecule has 0 saturated carbocycles. The van der Waals surface area contributed by atoms with Crippen LogP contribution in [0.3, 0.4) is 0 Å². The van der Waals surface area contributed by atoms with Gasteiger partial charge in [-0.25, -0.2) is 8.42 Å². The van der Waals surface area contributed by atoms with Gasteiger partial charge in [0, 0.05) is 12.6 Å². The van der Waals surface area contributed by atoms with Crippen molar-refractivity contribution in [2.45, 2.75) is 25.9 Å². The molecule has 1 aromatic carbocycles. The van der Waals surface area contributed by atoms with Gasteiger partial charge in [-0.05, 0) is 30.7 Å². The fourth-order valence-electron chi connectivity index (χ4n) is 2.72. The van der Waals surface area contributed by atoms with E-state index in [0.29, 0.717) is 11.5 Å². The van der Waals surface area contributed by atoms with Gasteiger partial charge in [0.1, 0.15) is 11.0 Å². The molecule has 1 aromatic heterocycles. The normalized spacial score (nSPS) is 21.8. The molecule has 2 aromatic rings. The van der Waals surface area contributed by atoms with Crippen molar-refractivity contribution in [2.75, 3.05) is 18.1 Å². The molecule has 2 heterocycles. The minimum Gasteiger partial charge on any atom is -0.295 e. The molecule has 1 aliphatic heterocycles. The summed E-state index contributed by atoms with van der Waals surface area (Å²) in [5.74, 6) is 0.616. The van der Waals surface area contributed by atoms with Crippen LogP contribution in [0.15, 0.2) is 18.2 Å². The first-order valence-electron chi connectivity index (χ1n) is 6.73. The summed E-state index contributed by atoms with van der Waals surface area (Å²) in [6.07, 6.45) is 0.747. The maximum atomic E-state index is 11.6. The number of nitrogens with zero attached hydrogens (tertiary/aromatic N) is 3. The molecule has 1 atom stereocenters. The van der Waals surface area contributed by atoms with Crippen molar-refractivity contribution in [2.24, 2.45) is 0 Å². The molecule has 0 N–H and O–H groups in total. The number of hydrogen-bond acceptors (Lipinski definition) is 6. The van der Waals surface area contributed by atoms with Crippen LogP contribution < -0.4 is 0 Å². The zero-order valence-corrected chi connectivity index (χ0v) is 13.0. The zero-order valence-electron chi connectivity index (χ0n) is 11.3. The van der Waals surface area contributed by atoms with Gasteiger partial charge in [0.25, 0.3) is 0 Å². The number of hydrogen-bond donors (Lipinski definition) is 0. The summed E-state index contributed by atoms with van der Waals surface area (Å²) in [6.45, 7) is 3.70. The van der Waals surface area contributed by atoms with Crippen molar-refractivity contribution in [1.82, 2.24) is 13.6 Å². The first-order valence-corrected chi connectivity index (χ1v) is 9.28. The Kier molecular flexibility index (Phi) is 3.74. The molecule has 0 amide bonds. The van der Waals surface area contributed by atoms with Gasteiger partial charge in [0.15, 0.2) is 9.84 Å². The fourth-order valence-corrected chi connectivity index (χ4v) is 5.00. The monoisotopic (exact) mass is 311 g/mol. The molecule has 1 fully saturated rings. The van der Waals surface area contributed by atoms with Crippen molar-refractivity contribution in [3.05, 3.63) is 23.8 Å². The third-order valence-electron chi connectivity index (χ3n) is 3.83. The molecule has 0 radical (unpaired) electrons. The lowest BCUT2D eigenvalue weighted by molar-refractivity contribution is 0.215. The van der Waals surface area contributed by atoms with E-state index in [1.807, 2.05) is 12.1 Å². The molecule has 3 rings (SSSR count). The predicted octanol–water partition coefficient (Wildman–Crippen LogP) is 1.70. The Hall–Kier alpha value is -1.05. The maximum Gasteiger partial charge on any atom is 0.151 e. The fraction of sp³-hybridized carbons (Fsp3) is 0.538. The summed E-state index contributed by atoms with van der Waals surface area (Å²) in [4.78, 5) is 2.24. The molecule has 108 valence electrons. The highest BCUT2D eigenvalue weighted by Crippen LogP contribution is 2.21. The third-order valence-corrected chi connectivity index (χ3v) is 6.14. The van der Waals surface area contributed by atoms with Crippen LogP contribution in [0.5, 0.6) is 0 Å². The van der Waals surface area contributed by atoms with E-state index in [0.717, 1.165) is 36.1 Å². The number of rotatable bonds is 4. The van der Waals surface area contributed by atoms with Gasteiger partial charge < -0.3 is 0 Å². The summed E-state index contributed by atoms with van der Waals surface area (Å²) in [5.41, 5.74) is 3.00. The smallest absolute Gasteiger partial charge is 0.151 e. The number of benzene rings is 1.